The van der Waals surface area contributed by atoms with Gasteiger partial charge in [0.15, 0.2) is 9.84 Å². The van der Waals surface area contributed by atoms with Gasteiger partial charge in [-0.25, -0.2) is 8.42 Å². The van der Waals surface area contributed by atoms with E-state index in [1.807, 2.05) is 0 Å². The van der Waals surface area contributed by atoms with Crippen LogP contribution in [0.15, 0.2) is 0 Å². The van der Waals surface area contributed by atoms with Crippen molar-refractivity contribution in [2.24, 2.45) is 0 Å². The Hall–Kier alpha value is -0.930. The summed E-state index contributed by atoms with van der Waals surface area (Å²) in [5.74, 6) is -8.99. The highest BCUT2D eigenvalue weighted by Gasteiger charge is 2.63. The van der Waals surface area contributed by atoms with Gasteiger partial charge in [0.05, 0.1) is 11.5 Å². The summed E-state index contributed by atoms with van der Waals surface area (Å²) in [5, 5.41) is 1.39. The fraction of sp³-hybridized carbons (Fsp3) is 0.857. The van der Waals surface area contributed by atoms with Crippen molar-refractivity contribution in [2.75, 3.05) is 11.5 Å². The molecule has 0 aromatic carbocycles. The van der Waals surface area contributed by atoms with Crippen LogP contribution in [0.25, 0.3) is 0 Å². The molecule has 1 rings (SSSR count). The lowest BCUT2D eigenvalue weighted by Crippen LogP contribution is -2.53. The third-order valence-electron chi connectivity index (χ3n) is 2.21. The molecule has 0 saturated carbocycles. The van der Waals surface area contributed by atoms with Crippen molar-refractivity contribution in [3.63, 3.8) is 0 Å². The molecule has 1 atom stereocenters. The Morgan fingerprint density at radius 2 is 1.71 bits per heavy atom. The number of amides is 1. The van der Waals surface area contributed by atoms with Gasteiger partial charge in [0.2, 0.25) is 0 Å². The molecule has 1 aliphatic heterocycles. The van der Waals surface area contributed by atoms with Gasteiger partial charge in [0.25, 0.3) is 0 Å². The molecule has 0 aliphatic carbocycles. The van der Waals surface area contributed by atoms with Gasteiger partial charge >= 0.3 is 18.0 Å². The second-order valence-corrected chi connectivity index (χ2v) is 5.87. The number of carbonyl (C=O) groups excluding carboxylic acids is 1. The predicted octanol–water partition coefficient (Wildman–Crippen LogP) is 0.487. The maximum absolute atomic E-state index is 12.5. The standard InChI is InChI=1S/C7H8F5NO3S/c8-6(9,7(10,11)12)5(14)13-4-1-2-17(15,16)3-4/h4H,1-3H2,(H,13,14). The van der Waals surface area contributed by atoms with Crippen molar-refractivity contribution >= 4 is 15.7 Å². The van der Waals surface area contributed by atoms with Crippen LogP contribution >= 0.6 is 0 Å². The molecule has 17 heavy (non-hydrogen) atoms. The van der Waals surface area contributed by atoms with Crippen molar-refractivity contribution in [1.29, 1.82) is 0 Å². The summed E-state index contributed by atoms with van der Waals surface area (Å²) in [4.78, 5) is 10.7. The molecule has 0 aromatic heterocycles. The van der Waals surface area contributed by atoms with Crippen LogP contribution in [0.4, 0.5) is 22.0 Å². The highest BCUT2D eigenvalue weighted by Crippen LogP contribution is 2.35. The van der Waals surface area contributed by atoms with E-state index in [2.05, 4.69) is 0 Å². The molecular formula is C7H8F5NO3S. The Morgan fingerprint density at radius 1 is 1.18 bits per heavy atom. The minimum atomic E-state index is -5.99. The summed E-state index contributed by atoms with van der Waals surface area (Å²) in [6.45, 7) is 0. The van der Waals surface area contributed by atoms with Crippen LogP contribution in [0.2, 0.25) is 0 Å². The first-order valence-corrected chi connectivity index (χ1v) is 6.24. The molecule has 0 spiro atoms. The van der Waals surface area contributed by atoms with Gasteiger partial charge < -0.3 is 5.32 Å². The number of hydrogen-bond donors (Lipinski definition) is 1. The van der Waals surface area contributed by atoms with E-state index in [1.165, 1.54) is 5.32 Å². The number of hydrogen-bond acceptors (Lipinski definition) is 3. The summed E-state index contributed by atoms with van der Waals surface area (Å²) in [6.07, 6.45) is -6.16. The second-order valence-electron chi connectivity index (χ2n) is 3.65. The fourth-order valence-corrected chi connectivity index (χ4v) is 2.99. The topological polar surface area (TPSA) is 63.2 Å². The van der Waals surface area contributed by atoms with E-state index in [0.717, 1.165) is 0 Å². The molecule has 10 heteroatoms. The number of alkyl halides is 5. The van der Waals surface area contributed by atoms with Gasteiger partial charge in [0, 0.05) is 6.04 Å². The highest BCUT2D eigenvalue weighted by molar-refractivity contribution is 7.91. The molecule has 0 aromatic rings. The van der Waals surface area contributed by atoms with E-state index in [0.29, 0.717) is 0 Å². The molecule has 1 unspecified atom stereocenters. The van der Waals surface area contributed by atoms with Crippen LogP contribution in [0.3, 0.4) is 0 Å². The Labute approximate surface area is 93.1 Å². The number of carbonyl (C=O) groups is 1. The molecule has 4 nitrogen and oxygen atoms in total. The first-order chi connectivity index (χ1) is 7.46. The smallest absolute Gasteiger partial charge is 0.347 e. The van der Waals surface area contributed by atoms with Crippen molar-refractivity contribution in [3.8, 4) is 0 Å². The van der Waals surface area contributed by atoms with Gasteiger partial charge in [-0.15, -0.1) is 0 Å². The lowest BCUT2D eigenvalue weighted by atomic mass is 10.2. The first kappa shape index (κ1) is 14.1. The van der Waals surface area contributed by atoms with E-state index >= 15 is 0 Å². The molecule has 100 valence electrons. The lowest BCUT2D eigenvalue weighted by Gasteiger charge is -2.20. The zero-order valence-corrected chi connectivity index (χ0v) is 9.04. The van der Waals surface area contributed by atoms with Crippen molar-refractivity contribution < 1.29 is 35.2 Å². The quantitative estimate of drug-likeness (QED) is 0.749. The maximum Gasteiger partial charge on any atom is 0.463 e. The van der Waals surface area contributed by atoms with Crippen molar-refractivity contribution in [1.82, 2.24) is 5.32 Å². The molecule has 0 radical (unpaired) electrons. The monoisotopic (exact) mass is 281 g/mol. The van der Waals surface area contributed by atoms with Crippen molar-refractivity contribution in [2.45, 2.75) is 24.6 Å². The summed E-state index contributed by atoms with van der Waals surface area (Å²) < 4.78 is 82.1. The highest BCUT2D eigenvalue weighted by atomic mass is 32.2. The molecule has 1 saturated heterocycles. The molecule has 1 N–H and O–H groups in total. The van der Waals surface area contributed by atoms with Crippen LogP contribution < -0.4 is 5.32 Å². The number of nitrogens with one attached hydrogen (secondary N) is 1. The maximum atomic E-state index is 12.5. The molecular weight excluding hydrogens is 273 g/mol. The Balaban J connectivity index is 2.69. The van der Waals surface area contributed by atoms with Gasteiger partial charge in [-0.1, -0.05) is 0 Å². The van der Waals surface area contributed by atoms with Crippen LogP contribution in [-0.2, 0) is 14.6 Å². The average molecular weight is 281 g/mol. The van der Waals surface area contributed by atoms with Crippen LogP contribution in [0, 0.1) is 0 Å². The number of halogens is 5. The molecule has 0 bridgehead atoms. The van der Waals surface area contributed by atoms with Gasteiger partial charge in [-0.2, -0.15) is 22.0 Å². The molecule has 1 heterocycles. The van der Waals surface area contributed by atoms with Crippen LogP contribution in [0.5, 0.6) is 0 Å². The summed E-state index contributed by atoms with van der Waals surface area (Å²) in [7, 11) is -3.46. The number of rotatable bonds is 2. The summed E-state index contributed by atoms with van der Waals surface area (Å²) >= 11 is 0. The van der Waals surface area contributed by atoms with Crippen LogP contribution in [0.1, 0.15) is 6.42 Å². The first-order valence-electron chi connectivity index (χ1n) is 4.41. The van der Waals surface area contributed by atoms with E-state index in [4.69, 9.17) is 0 Å². The SMILES string of the molecule is O=C(NC1CCS(=O)(=O)C1)C(F)(F)C(F)(F)F. The molecule has 1 aliphatic rings. The van der Waals surface area contributed by atoms with Gasteiger partial charge in [0.1, 0.15) is 0 Å². The third kappa shape index (κ3) is 3.05. The molecule has 1 amide bonds. The Kier molecular flexibility index (Phi) is 3.38. The largest absolute Gasteiger partial charge is 0.463 e. The van der Waals surface area contributed by atoms with Crippen LogP contribution in [-0.4, -0.2) is 44.0 Å². The third-order valence-corrected chi connectivity index (χ3v) is 3.98. The zero-order chi connectivity index (χ0) is 13.5. The van der Waals surface area contributed by atoms with E-state index in [1.54, 1.807) is 0 Å². The van der Waals surface area contributed by atoms with Gasteiger partial charge in [-0.3, -0.25) is 4.79 Å². The Morgan fingerprint density at radius 3 is 2.06 bits per heavy atom. The van der Waals surface area contributed by atoms with E-state index < -0.39 is 39.6 Å². The fourth-order valence-electron chi connectivity index (χ4n) is 1.31. The minimum absolute atomic E-state index is 0.165. The average Bonchev–Trinajstić information content (AvgIpc) is 2.43. The summed E-state index contributed by atoms with van der Waals surface area (Å²) in [5.41, 5.74) is 0. The number of sulfone groups is 1. The van der Waals surface area contributed by atoms with E-state index in [9.17, 15) is 35.2 Å². The molecule has 1 fully saturated rings. The normalized spacial score (nSPS) is 24.6. The predicted molar refractivity (Wildman–Crippen MR) is 46.2 cm³/mol. The summed E-state index contributed by atoms with van der Waals surface area (Å²) in [6, 6.07) is -1.19. The minimum Gasteiger partial charge on any atom is -0.347 e. The van der Waals surface area contributed by atoms with E-state index in [-0.39, 0.29) is 12.2 Å². The van der Waals surface area contributed by atoms with Crippen molar-refractivity contribution in [3.05, 3.63) is 0 Å². The zero-order valence-electron chi connectivity index (χ0n) is 8.22. The van der Waals surface area contributed by atoms with Gasteiger partial charge in [-0.05, 0) is 6.42 Å². The second kappa shape index (κ2) is 4.07. The Bertz CT molecular complexity index is 416. The lowest BCUT2D eigenvalue weighted by molar-refractivity contribution is -0.270.